The number of piperidine rings is 2. The van der Waals surface area contributed by atoms with Crippen molar-refractivity contribution in [1.82, 2.24) is 9.80 Å². The summed E-state index contributed by atoms with van der Waals surface area (Å²) in [7, 11) is 1.64. The largest absolute Gasteiger partial charge is 0.383 e. The number of nitrogens with zero attached hydrogens (tertiary/aromatic N) is 2. The lowest BCUT2D eigenvalue weighted by molar-refractivity contribution is -0.139. The first-order valence-electron chi connectivity index (χ1n) is 9.26. The fraction of sp³-hybridized carbons (Fsp3) is 0.600. The molecule has 142 valence electrons. The van der Waals surface area contributed by atoms with Crippen LogP contribution in [0.3, 0.4) is 0 Å². The van der Waals surface area contributed by atoms with Gasteiger partial charge in [0.15, 0.2) is 0 Å². The first-order valence-corrected chi connectivity index (χ1v) is 9.26. The van der Waals surface area contributed by atoms with Gasteiger partial charge in [0.05, 0.1) is 6.61 Å². The van der Waals surface area contributed by atoms with Crippen molar-refractivity contribution < 1.29 is 18.7 Å². The van der Waals surface area contributed by atoms with Crippen LogP contribution in [0.25, 0.3) is 0 Å². The summed E-state index contributed by atoms with van der Waals surface area (Å²) in [5, 5.41) is 0. The van der Waals surface area contributed by atoms with Crippen LogP contribution in [0.15, 0.2) is 18.2 Å². The number of halogens is 1. The van der Waals surface area contributed by atoms with Crippen LogP contribution in [0, 0.1) is 18.2 Å². The van der Waals surface area contributed by atoms with Gasteiger partial charge in [-0.15, -0.1) is 0 Å². The summed E-state index contributed by atoms with van der Waals surface area (Å²) >= 11 is 0. The first-order chi connectivity index (χ1) is 12.4. The number of methoxy groups -OCH3 is 1. The lowest BCUT2D eigenvalue weighted by Gasteiger charge is -2.47. The van der Waals surface area contributed by atoms with E-state index in [0.717, 1.165) is 25.8 Å². The van der Waals surface area contributed by atoms with Crippen molar-refractivity contribution in [2.24, 2.45) is 5.41 Å². The number of rotatable bonds is 4. The zero-order chi connectivity index (χ0) is 18.7. The fourth-order valence-corrected chi connectivity index (χ4v) is 4.01. The van der Waals surface area contributed by atoms with Crippen LogP contribution < -0.4 is 0 Å². The zero-order valence-corrected chi connectivity index (χ0v) is 15.6. The number of amides is 2. The van der Waals surface area contributed by atoms with Gasteiger partial charge in [-0.3, -0.25) is 9.59 Å². The maximum Gasteiger partial charge on any atom is 0.253 e. The average molecular weight is 362 g/mol. The summed E-state index contributed by atoms with van der Waals surface area (Å²) in [4.78, 5) is 28.5. The highest BCUT2D eigenvalue weighted by molar-refractivity contribution is 5.94. The van der Waals surface area contributed by atoms with Gasteiger partial charge in [-0.05, 0) is 49.3 Å². The van der Waals surface area contributed by atoms with Gasteiger partial charge in [0.1, 0.15) is 5.82 Å². The van der Waals surface area contributed by atoms with E-state index in [1.54, 1.807) is 26.2 Å². The van der Waals surface area contributed by atoms with Crippen molar-refractivity contribution >= 4 is 11.8 Å². The van der Waals surface area contributed by atoms with Crippen molar-refractivity contribution in [2.75, 3.05) is 39.9 Å². The quantitative estimate of drug-likeness (QED) is 0.827. The Labute approximate surface area is 154 Å². The molecule has 0 aromatic heterocycles. The molecule has 0 aliphatic carbocycles. The lowest BCUT2D eigenvalue weighted by atomic mass is 9.72. The maximum absolute atomic E-state index is 13.8. The molecule has 0 bridgehead atoms. The van der Waals surface area contributed by atoms with E-state index in [-0.39, 0.29) is 23.0 Å². The molecule has 1 aromatic rings. The van der Waals surface area contributed by atoms with Crippen LogP contribution in [0.1, 0.15) is 41.6 Å². The van der Waals surface area contributed by atoms with Gasteiger partial charge in [-0.2, -0.15) is 0 Å². The zero-order valence-electron chi connectivity index (χ0n) is 15.6. The molecule has 0 radical (unpaired) electrons. The smallest absolute Gasteiger partial charge is 0.253 e. The minimum atomic E-state index is -0.344. The molecule has 2 amide bonds. The molecule has 2 saturated heterocycles. The molecule has 0 saturated carbocycles. The molecule has 26 heavy (non-hydrogen) atoms. The predicted molar refractivity (Wildman–Crippen MR) is 96.4 cm³/mol. The SMILES string of the molecule is COCCN1CC2(CCC1=O)CCN(C(=O)c1ccc(C)c(F)c1)CC2. The topological polar surface area (TPSA) is 49.9 Å². The molecule has 3 rings (SSSR count). The molecular weight excluding hydrogens is 335 g/mol. The summed E-state index contributed by atoms with van der Waals surface area (Å²) in [6.07, 6.45) is 3.21. The van der Waals surface area contributed by atoms with Crippen LogP contribution in [0.2, 0.25) is 0 Å². The minimum Gasteiger partial charge on any atom is -0.383 e. The Bertz CT molecular complexity index is 684. The summed E-state index contributed by atoms with van der Waals surface area (Å²) in [5.74, 6) is -0.257. The number of carbonyl (C=O) groups is 2. The molecule has 1 spiro atoms. The molecule has 0 atom stereocenters. The second kappa shape index (κ2) is 7.74. The van der Waals surface area contributed by atoms with Gasteiger partial charge in [-0.1, -0.05) is 6.07 Å². The fourth-order valence-electron chi connectivity index (χ4n) is 4.01. The number of carbonyl (C=O) groups excluding carboxylic acids is 2. The highest BCUT2D eigenvalue weighted by atomic mass is 19.1. The molecule has 5 nitrogen and oxygen atoms in total. The molecule has 0 unspecified atom stereocenters. The Morgan fingerprint density at radius 3 is 2.65 bits per heavy atom. The van der Waals surface area contributed by atoms with Crippen molar-refractivity contribution in [3.8, 4) is 0 Å². The standard InChI is InChI=1S/C20H27FN2O3/c1-15-3-4-16(13-17(15)21)19(25)22-9-7-20(8-10-22)6-5-18(24)23(14-20)11-12-26-2/h3-4,13H,5-12,14H2,1-2H3. The van der Waals surface area contributed by atoms with Crippen molar-refractivity contribution in [3.05, 3.63) is 35.1 Å². The summed E-state index contributed by atoms with van der Waals surface area (Å²) < 4.78 is 18.9. The predicted octanol–water partition coefficient (Wildman–Crippen LogP) is 2.63. The highest BCUT2D eigenvalue weighted by Gasteiger charge is 2.41. The number of benzene rings is 1. The summed E-state index contributed by atoms with van der Waals surface area (Å²) in [5.41, 5.74) is 1.04. The Kier molecular flexibility index (Phi) is 5.61. The Morgan fingerprint density at radius 2 is 2.00 bits per heavy atom. The molecule has 2 aliphatic heterocycles. The number of hydrogen-bond acceptors (Lipinski definition) is 3. The van der Waals surface area contributed by atoms with Crippen molar-refractivity contribution in [3.63, 3.8) is 0 Å². The minimum absolute atomic E-state index is 0.0942. The van der Waals surface area contributed by atoms with E-state index in [1.165, 1.54) is 6.07 Å². The van der Waals surface area contributed by atoms with Crippen LogP contribution in [0.4, 0.5) is 4.39 Å². The van der Waals surface area contributed by atoms with Gasteiger partial charge < -0.3 is 14.5 Å². The average Bonchev–Trinajstić information content (AvgIpc) is 2.65. The van der Waals surface area contributed by atoms with E-state index in [4.69, 9.17) is 4.74 Å². The van der Waals surface area contributed by atoms with Gasteiger partial charge >= 0.3 is 0 Å². The second-order valence-electron chi connectivity index (χ2n) is 7.56. The molecule has 6 heteroatoms. The van der Waals surface area contributed by atoms with E-state index in [2.05, 4.69) is 0 Å². The molecule has 1 aromatic carbocycles. The van der Waals surface area contributed by atoms with Crippen LogP contribution >= 0.6 is 0 Å². The van der Waals surface area contributed by atoms with Gasteiger partial charge in [-0.25, -0.2) is 4.39 Å². The Hall–Kier alpha value is -1.95. The molecule has 2 aliphatic rings. The third kappa shape index (κ3) is 3.90. The first kappa shape index (κ1) is 18.8. The summed E-state index contributed by atoms with van der Waals surface area (Å²) in [6, 6.07) is 4.67. The van der Waals surface area contributed by atoms with Crippen LogP contribution in [0.5, 0.6) is 0 Å². The van der Waals surface area contributed by atoms with Crippen LogP contribution in [-0.2, 0) is 9.53 Å². The monoisotopic (exact) mass is 362 g/mol. The summed E-state index contributed by atoms with van der Waals surface area (Å²) in [6.45, 7) is 4.92. The second-order valence-corrected chi connectivity index (χ2v) is 7.56. The van der Waals surface area contributed by atoms with E-state index < -0.39 is 0 Å². The van der Waals surface area contributed by atoms with E-state index in [1.807, 2.05) is 9.80 Å². The molecular formula is C20H27FN2O3. The third-order valence-corrected chi connectivity index (χ3v) is 5.84. The maximum atomic E-state index is 13.8. The number of likely N-dealkylation sites (tertiary alicyclic amines) is 2. The van der Waals surface area contributed by atoms with Gasteiger partial charge in [0.25, 0.3) is 5.91 Å². The van der Waals surface area contributed by atoms with Crippen molar-refractivity contribution in [2.45, 2.75) is 32.6 Å². The Morgan fingerprint density at radius 1 is 1.27 bits per heavy atom. The third-order valence-electron chi connectivity index (χ3n) is 5.84. The van der Waals surface area contributed by atoms with Crippen LogP contribution in [-0.4, -0.2) is 61.5 Å². The highest BCUT2D eigenvalue weighted by Crippen LogP contribution is 2.40. The van der Waals surface area contributed by atoms with Crippen molar-refractivity contribution in [1.29, 1.82) is 0 Å². The molecule has 2 fully saturated rings. The molecule has 2 heterocycles. The van der Waals surface area contributed by atoms with E-state index in [0.29, 0.717) is 43.8 Å². The van der Waals surface area contributed by atoms with Gasteiger partial charge in [0, 0.05) is 45.3 Å². The number of hydrogen-bond donors (Lipinski definition) is 0. The number of aryl methyl sites for hydroxylation is 1. The van der Waals surface area contributed by atoms with E-state index in [9.17, 15) is 14.0 Å². The number of ether oxygens (including phenoxy) is 1. The normalized spacial score (nSPS) is 19.9. The lowest BCUT2D eigenvalue weighted by Crippen LogP contribution is -2.52. The molecule has 0 N–H and O–H groups in total. The van der Waals surface area contributed by atoms with E-state index >= 15 is 0 Å². The van der Waals surface area contributed by atoms with Gasteiger partial charge in [0.2, 0.25) is 5.91 Å². The Balaban J connectivity index is 1.62.